The lowest BCUT2D eigenvalue weighted by Gasteiger charge is -2.42. The summed E-state index contributed by atoms with van der Waals surface area (Å²) in [6, 6.07) is 13.0. The first-order valence-electron chi connectivity index (χ1n) is 12.4. The first-order valence-corrected chi connectivity index (χ1v) is 12.4. The zero-order valence-electron chi connectivity index (χ0n) is 20.1. The van der Waals surface area contributed by atoms with Gasteiger partial charge in [-0.25, -0.2) is 13.8 Å². The second-order valence-corrected chi connectivity index (χ2v) is 10.3. The normalized spacial score (nSPS) is 21.8. The number of para-hydroxylation sites is 1. The van der Waals surface area contributed by atoms with E-state index >= 15 is 0 Å². The van der Waals surface area contributed by atoms with Gasteiger partial charge in [-0.2, -0.15) is 0 Å². The molecule has 0 unspecified atom stereocenters. The quantitative estimate of drug-likeness (QED) is 0.388. The first-order chi connectivity index (χ1) is 17.3. The van der Waals surface area contributed by atoms with E-state index in [1.807, 2.05) is 43.3 Å². The van der Waals surface area contributed by atoms with Crippen LogP contribution in [0.15, 0.2) is 46.9 Å². The minimum absolute atomic E-state index is 0.0859. The minimum atomic E-state index is -3.23. The van der Waals surface area contributed by atoms with Crippen LogP contribution in [0.25, 0.3) is 22.0 Å². The molecule has 0 saturated carbocycles. The molecule has 2 atom stereocenters. The summed E-state index contributed by atoms with van der Waals surface area (Å²) >= 11 is 0. The van der Waals surface area contributed by atoms with Crippen molar-refractivity contribution in [3.63, 3.8) is 0 Å². The fourth-order valence-electron chi connectivity index (χ4n) is 5.75. The summed E-state index contributed by atoms with van der Waals surface area (Å²) in [5.41, 5.74) is 5.12. The zero-order chi connectivity index (χ0) is 25.0. The fourth-order valence-corrected chi connectivity index (χ4v) is 5.75. The maximum Gasteiger partial charge on any atom is 0.283 e. The lowest BCUT2D eigenvalue weighted by molar-refractivity contribution is -0.0864. The van der Waals surface area contributed by atoms with Gasteiger partial charge in [-0.05, 0) is 42.7 Å². The number of fused-ring (bicyclic) bond motifs is 4. The number of oxazole rings is 1. The molecule has 190 valence electrons. The summed E-state index contributed by atoms with van der Waals surface area (Å²) in [5.74, 6) is -2.58. The van der Waals surface area contributed by atoms with E-state index in [0.717, 1.165) is 27.7 Å². The Hall–Kier alpha value is -2.88. The van der Waals surface area contributed by atoms with E-state index in [1.165, 1.54) is 0 Å². The molecule has 2 aliphatic rings. The van der Waals surface area contributed by atoms with Gasteiger partial charge in [-0.15, -0.1) is 0 Å². The summed E-state index contributed by atoms with van der Waals surface area (Å²) in [6.07, 6.45) is 0.628. The molecular weight excluding hydrogens is 469 g/mol. The van der Waals surface area contributed by atoms with Crippen LogP contribution in [0.5, 0.6) is 0 Å². The van der Waals surface area contributed by atoms with E-state index in [1.54, 1.807) is 4.90 Å². The number of alkyl halides is 3. The molecule has 0 bridgehead atoms. The molecule has 9 heteroatoms. The Labute approximate surface area is 206 Å². The summed E-state index contributed by atoms with van der Waals surface area (Å²) in [4.78, 5) is 12.0. The van der Waals surface area contributed by atoms with Crippen LogP contribution >= 0.6 is 0 Å². The third kappa shape index (κ3) is 4.09. The number of aromatic nitrogens is 2. The van der Waals surface area contributed by atoms with Gasteiger partial charge in [0, 0.05) is 41.6 Å². The van der Waals surface area contributed by atoms with E-state index in [2.05, 4.69) is 20.9 Å². The zero-order valence-corrected chi connectivity index (χ0v) is 20.1. The molecule has 2 N–H and O–H groups in total. The van der Waals surface area contributed by atoms with Gasteiger partial charge in [0.25, 0.3) is 5.92 Å². The highest BCUT2D eigenvalue weighted by atomic mass is 19.3. The van der Waals surface area contributed by atoms with Gasteiger partial charge in [0.15, 0.2) is 5.58 Å². The molecule has 0 amide bonds. The molecule has 6 nitrogen and oxygen atoms in total. The number of nitrogens with one attached hydrogen (secondary N) is 1. The molecule has 2 aromatic heterocycles. The molecule has 6 rings (SSSR count). The van der Waals surface area contributed by atoms with Gasteiger partial charge >= 0.3 is 0 Å². The van der Waals surface area contributed by atoms with E-state index in [9.17, 15) is 18.3 Å². The predicted octanol–water partition coefficient (Wildman–Crippen LogP) is 4.67. The highest BCUT2D eigenvalue weighted by molar-refractivity contribution is 5.85. The number of nitrogens with zero attached hydrogens (tertiary/aromatic N) is 3. The van der Waals surface area contributed by atoms with Crippen LogP contribution in [-0.4, -0.2) is 69.8 Å². The monoisotopic (exact) mass is 498 g/mol. The number of aliphatic hydroxyl groups excluding tert-OH is 1. The third-order valence-corrected chi connectivity index (χ3v) is 7.54. The van der Waals surface area contributed by atoms with E-state index in [-0.39, 0.29) is 18.6 Å². The van der Waals surface area contributed by atoms with E-state index in [0.29, 0.717) is 43.0 Å². The summed E-state index contributed by atoms with van der Waals surface area (Å²) < 4.78 is 47.7. The van der Waals surface area contributed by atoms with Crippen LogP contribution in [0.2, 0.25) is 0 Å². The maximum atomic E-state index is 14.5. The molecule has 36 heavy (non-hydrogen) atoms. The van der Waals surface area contributed by atoms with Gasteiger partial charge in [-0.3, -0.25) is 14.2 Å². The number of likely N-dealkylation sites (tertiary alicyclic amines) is 1. The van der Waals surface area contributed by atoms with Gasteiger partial charge in [0.2, 0.25) is 5.89 Å². The number of benzene rings is 2. The smallest absolute Gasteiger partial charge is 0.283 e. The largest absolute Gasteiger partial charge is 0.439 e. The van der Waals surface area contributed by atoms with Crippen LogP contribution in [0.3, 0.4) is 0 Å². The Morgan fingerprint density at radius 2 is 2.00 bits per heavy atom. The van der Waals surface area contributed by atoms with E-state index in [4.69, 9.17) is 4.42 Å². The number of hydrogen-bond acceptors (Lipinski definition) is 5. The van der Waals surface area contributed by atoms with Crippen molar-refractivity contribution in [1.82, 2.24) is 19.8 Å². The number of hydrogen-bond donors (Lipinski definition) is 2. The Kier molecular flexibility index (Phi) is 5.81. The van der Waals surface area contributed by atoms with E-state index < -0.39 is 25.1 Å². The molecule has 0 radical (unpaired) electrons. The molecule has 4 heterocycles. The number of aromatic amines is 1. The van der Waals surface area contributed by atoms with Crippen molar-refractivity contribution in [1.29, 1.82) is 0 Å². The standard InChI is InChI=1S/C27H29F3N4O2/c1-16-8-20-19-4-2-3-5-21(19)32-25(20)26(34(16)14-27(29,30)15-35)18-6-7-23-22(9-18)31-24(36-23)13-33-11-17(10-28)12-33/h2-7,9,16-17,26,32,35H,8,10-15H2,1H3/t16-,26-/m1/s1. The molecule has 1 saturated heterocycles. The molecule has 2 aliphatic heterocycles. The lowest BCUT2D eigenvalue weighted by Crippen LogP contribution is -2.49. The second kappa shape index (κ2) is 8.90. The molecular formula is C27H29F3N4O2. The molecule has 1 fully saturated rings. The highest BCUT2D eigenvalue weighted by Crippen LogP contribution is 2.42. The predicted molar refractivity (Wildman–Crippen MR) is 131 cm³/mol. The Balaban J connectivity index is 1.39. The maximum absolute atomic E-state index is 14.5. The van der Waals surface area contributed by atoms with Crippen LogP contribution in [-0.2, 0) is 13.0 Å². The molecule has 2 aromatic carbocycles. The third-order valence-electron chi connectivity index (χ3n) is 7.54. The summed E-state index contributed by atoms with van der Waals surface area (Å²) in [5, 5.41) is 10.4. The van der Waals surface area contributed by atoms with Crippen molar-refractivity contribution in [2.24, 2.45) is 5.92 Å². The van der Waals surface area contributed by atoms with Gasteiger partial charge < -0.3 is 14.5 Å². The van der Waals surface area contributed by atoms with Crippen molar-refractivity contribution < 1.29 is 22.7 Å². The second-order valence-electron chi connectivity index (χ2n) is 10.3. The molecule has 4 aromatic rings. The number of halogens is 3. The van der Waals surface area contributed by atoms with Crippen molar-refractivity contribution in [2.75, 3.05) is 32.9 Å². The topological polar surface area (TPSA) is 68.5 Å². The number of H-pyrrole nitrogens is 1. The van der Waals surface area contributed by atoms with Crippen LogP contribution in [0.1, 0.15) is 35.7 Å². The fraction of sp³-hybridized carbons (Fsp3) is 0.444. The van der Waals surface area contributed by atoms with Crippen LogP contribution in [0.4, 0.5) is 13.2 Å². The van der Waals surface area contributed by atoms with Gasteiger partial charge in [0.1, 0.15) is 12.1 Å². The Morgan fingerprint density at radius 1 is 1.19 bits per heavy atom. The lowest BCUT2D eigenvalue weighted by atomic mass is 9.88. The Bertz CT molecular complexity index is 1390. The molecule has 0 aliphatic carbocycles. The highest BCUT2D eigenvalue weighted by Gasteiger charge is 2.41. The Morgan fingerprint density at radius 3 is 2.78 bits per heavy atom. The molecule has 0 spiro atoms. The van der Waals surface area contributed by atoms with Crippen molar-refractivity contribution in [3.05, 3.63) is 65.2 Å². The van der Waals surface area contributed by atoms with Crippen molar-refractivity contribution in [2.45, 2.75) is 37.9 Å². The minimum Gasteiger partial charge on any atom is -0.439 e. The van der Waals surface area contributed by atoms with Crippen molar-refractivity contribution >= 4 is 22.0 Å². The van der Waals surface area contributed by atoms with Crippen LogP contribution < -0.4 is 0 Å². The average molecular weight is 499 g/mol. The summed E-state index contributed by atoms with van der Waals surface area (Å²) in [7, 11) is 0. The number of rotatable bonds is 7. The van der Waals surface area contributed by atoms with Gasteiger partial charge in [-0.1, -0.05) is 24.3 Å². The summed E-state index contributed by atoms with van der Waals surface area (Å²) in [6.45, 7) is 1.78. The van der Waals surface area contributed by atoms with Crippen molar-refractivity contribution in [3.8, 4) is 0 Å². The first kappa shape index (κ1) is 23.5. The number of aliphatic hydroxyl groups is 1. The average Bonchev–Trinajstić information content (AvgIpc) is 3.41. The van der Waals surface area contributed by atoms with Gasteiger partial charge in [0.05, 0.1) is 25.8 Å². The van der Waals surface area contributed by atoms with Crippen LogP contribution in [0, 0.1) is 5.92 Å². The SMILES string of the molecule is C[C@@H]1Cc2c([nH]c3ccccc23)[C@@H](c2ccc3oc(CN4CC(CF)C4)nc3c2)N1CC(F)(F)CO.